The highest BCUT2D eigenvalue weighted by Crippen LogP contribution is 2.33. The first-order chi connectivity index (χ1) is 8.54. The third kappa shape index (κ3) is 2.73. The minimum atomic E-state index is -0.0708. The molecule has 2 rings (SSSR count). The van der Waals surface area contributed by atoms with E-state index in [1.54, 1.807) is 12.1 Å². The molecular weight excluding hydrogens is 271 g/mol. The first-order valence-corrected chi connectivity index (χ1v) is 6.85. The fraction of sp³-hybridized carbons (Fsp3) is 0.462. The van der Waals surface area contributed by atoms with E-state index in [9.17, 15) is 4.79 Å². The summed E-state index contributed by atoms with van der Waals surface area (Å²) in [5.74, 6) is -0.0708. The number of benzene rings is 1. The molecule has 0 heterocycles. The van der Waals surface area contributed by atoms with Crippen LogP contribution in [-0.2, 0) is 0 Å². The van der Waals surface area contributed by atoms with Gasteiger partial charge in [0.25, 0.3) is 5.91 Å². The minimum Gasteiger partial charge on any atom is -0.399 e. The molecule has 1 aliphatic rings. The summed E-state index contributed by atoms with van der Waals surface area (Å²) >= 11 is 12.1. The Hall–Kier alpha value is -0.930. The molecule has 3 nitrogen and oxygen atoms in total. The van der Waals surface area contributed by atoms with Crippen molar-refractivity contribution in [2.24, 2.45) is 0 Å². The second-order valence-corrected chi connectivity index (χ2v) is 5.38. The molecule has 0 unspecified atom stereocenters. The van der Waals surface area contributed by atoms with Gasteiger partial charge in [-0.2, -0.15) is 0 Å². The Kier molecular flexibility index (Phi) is 4.03. The molecule has 0 spiro atoms. The Balaban J connectivity index is 2.31. The van der Waals surface area contributed by atoms with Crippen LogP contribution in [0.3, 0.4) is 0 Å². The van der Waals surface area contributed by atoms with Crippen LogP contribution < -0.4 is 5.73 Å². The number of hydrogen-bond donors (Lipinski definition) is 1. The van der Waals surface area contributed by atoms with Crippen molar-refractivity contribution < 1.29 is 4.79 Å². The molecule has 18 heavy (non-hydrogen) atoms. The van der Waals surface area contributed by atoms with Crippen LogP contribution in [0.1, 0.15) is 36.5 Å². The highest BCUT2D eigenvalue weighted by atomic mass is 35.5. The second kappa shape index (κ2) is 5.37. The molecule has 1 aromatic rings. The Labute approximate surface area is 117 Å². The van der Waals surface area contributed by atoms with Crippen LogP contribution in [0.2, 0.25) is 10.0 Å². The van der Waals surface area contributed by atoms with Crippen LogP contribution in [0, 0.1) is 0 Å². The maximum absolute atomic E-state index is 12.5. The molecular formula is C13H16Cl2N2O. The molecule has 1 aromatic carbocycles. The van der Waals surface area contributed by atoms with Crippen molar-refractivity contribution in [2.75, 3.05) is 12.3 Å². The zero-order valence-corrected chi connectivity index (χ0v) is 11.8. The lowest BCUT2D eigenvalue weighted by atomic mass is 10.1. The van der Waals surface area contributed by atoms with Gasteiger partial charge in [0, 0.05) is 18.3 Å². The number of anilines is 1. The minimum absolute atomic E-state index is 0.0708. The van der Waals surface area contributed by atoms with E-state index < -0.39 is 0 Å². The Morgan fingerprint density at radius 2 is 2.11 bits per heavy atom. The highest BCUT2D eigenvalue weighted by molar-refractivity contribution is 6.44. The summed E-state index contributed by atoms with van der Waals surface area (Å²) in [5.41, 5.74) is 6.58. The van der Waals surface area contributed by atoms with Crippen molar-refractivity contribution in [3.8, 4) is 0 Å². The van der Waals surface area contributed by atoms with Crippen molar-refractivity contribution >= 4 is 34.8 Å². The Morgan fingerprint density at radius 1 is 1.44 bits per heavy atom. The summed E-state index contributed by atoms with van der Waals surface area (Å²) in [5, 5.41) is 0.616. The number of rotatable bonds is 4. The van der Waals surface area contributed by atoms with Gasteiger partial charge in [-0.3, -0.25) is 4.79 Å². The number of hydrogen-bond acceptors (Lipinski definition) is 2. The number of nitrogen functional groups attached to an aromatic ring is 1. The lowest BCUT2D eigenvalue weighted by molar-refractivity contribution is 0.0743. The van der Waals surface area contributed by atoms with Crippen molar-refractivity contribution in [2.45, 2.75) is 32.2 Å². The van der Waals surface area contributed by atoms with Gasteiger partial charge in [-0.05, 0) is 31.4 Å². The Morgan fingerprint density at radius 3 is 2.67 bits per heavy atom. The van der Waals surface area contributed by atoms with E-state index in [2.05, 4.69) is 6.92 Å². The maximum atomic E-state index is 12.5. The normalized spacial score (nSPS) is 14.6. The predicted octanol–water partition coefficient (Wildman–Crippen LogP) is 3.59. The molecule has 5 heteroatoms. The Bertz CT molecular complexity index is 472. The molecule has 0 bridgehead atoms. The summed E-state index contributed by atoms with van der Waals surface area (Å²) in [6, 6.07) is 3.51. The standard InChI is InChI=1S/C13H16Cl2N2O/c1-2-5-17(9-3-4-9)13(18)10-6-8(16)7-11(14)12(10)15/h6-7,9H,2-5,16H2,1H3. The van der Waals surface area contributed by atoms with E-state index in [-0.39, 0.29) is 10.9 Å². The van der Waals surface area contributed by atoms with Crippen LogP contribution in [-0.4, -0.2) is 23.4 Å². The first kappa shape index (κ1) is 13.5. The molecule has 2 N–H and O–H groups in total. The van der Waals surface area contributed by atoms with Crippen molar-refractivity contribution in [3.05, 3.63) is 27.7 Å². The maximum Gasteiger partial charge on any atom is 0.255 e. The van der Waals surface area contributed by atoms with Gasteiger partial charge >= 0.3 is 0 Å². The zero-order chi connectivity index (χ0) is 13.3. The van der Waals surface area contributed by atoms with Gasteiger partial charge in [-0.1, -0.05) is 30.1 Å². The fourth-order valence-electron chi connectivity index (χ4n) is 2.00. The molecule has 1 saturated carbocycles. The summed E-state index contributed by atoms with van der Waals surface area (Å²) in [6.07, 6.45) is 3.06. The number of nitrogens with zero attached hydrogens (tertiary/aromatic N) is 1. The smallest absolute Gasteiger partial charge is 0.255 e. The number of nitrogens with two attached hydrogens (primary N) is 1. The summed E-state index contributed by atoms with van der Waals surface area (Å²) in [6.45, 7) is 2.79. The molecule has 1 fully saturated rings. The molecule has 1 aliphatic carbocycles. The summed E-state index contributed by atoms with van der Waals surface area (Å²) < 4.78 is 0. The third-order valence-electron chi connectivity index (χ3n) is 2.99. The van der Waals surface area contributed by atoms with Crippen LogP contribution in [0.5, 0.6) is 0 Å². The van der Waals surface area contributed by atoms with Crippen molar-refractivity contribution in [3.63, 3.8) is 0 Å². The number of halogens is 2. The van der Waals surface area contributed by atoms with Crippen LogP contribution in [0.4, 0.5) is 5.69 Å². The van der Waals surface area contributed by atoms with Gasteiger partial charge < -0.3 is 10.6 Å². The zero-order valence-electron chi connectivity index (χ0n) is 10.2. The molecule has 0 radical (unpaired) electrons. The molecule has 98 valence electrons. The highest BCUT2D eigenvalue weighted by Gasteiger charge is 2.33. The number of carbonyl (C=O) groups is 1. The average Bonchev–Trinajstić information content (AvgIpc) is 3.14. The third-order valence-corrected chi connectivity index (χ3v) is 3.80. The van der Waals surface area contributed by atoms with Crippen LogP contribution in [0.25, 0.3) is 0 Å². The second-order valence-electron chi connectivity index (χ2n) is 4.59. The lowest BCUT2D eigenvalue weighted by Crippen LogP contribution is -2.34. The van der Waals surface area contributed by atoms with E-state index in [0.717, 1.165) is 25.8 Å². The largest absolute Gasteiger partial charge is 0.399 e. The van der Waals surface area contributed by atoms with Crippen LogP contribution in [0.15, 0.2) is 12.1 Å². The molecule has 0 saturated heterocycles. The molecule has 1 amide bonds. The van der Waals surface area contributed by atoms with Crippen molar-refractivity contribution in [1.29, 1.82) is 0 Å². The van der Waals surface area contributed by atoms with Gasteiger partial charge in [0.1, 0.15) is 0 Å². The SMILES string of the molecule is CCCN(C(=O)c1cc(N)cc(Cl)c1Cl)C1CC1. The van der Waals surface area contributed by atoms with E-state index in [1.807, 2.05) is 4.90 Å². The van der Waals surface area contributed by atoms with Gasteiger partial charge in [-0.15, -0.1) is 0 Å². The number of amides is 1. The molecule has 0 aliphatic heterocycles. The monoisotopic (exact) mass is 286 g/mol. The first-order valence-electron chi connectivity index (χ1n) is 6.10. The van der Waals surface area contributed by atoms with Gasteiger partial charge in [-0.25, -0.2) is 0 Å². The van der Waals surface area contributed by atoms with Gasteiger partial charge in [0.2, 0.25) is 0 Å². The van der Waals surface area contributed by atoms with E-state index >= 15 is 0 Å². The van der Waals surface area contributed by atoms with Gasteiger partial charge in [0.15, 0.2) is 0 Å². The van der Waals surface area contributed by atoms with Crippen molar-refractivity contribution in [1.82, 2.24) is 4.90 Å². The van der Waals surface area contributed by atoms with Crippen LogP contribution >= 0.6 is 23.2 Å². The van der Waals surface area contributed by atoms with E-state index in [0.29, 0.717) is 22.3 Å². The summed E-state index contributed by atoms with van der Waals surface area (Å²) in [7, 11) is 0. The number of carbonyl (C=O) groups excluding carboxylic acids is 1. The van der Waals surface area contributed by atoms with E-state index in [1.165, 1.54) is 0 Å². The van der Waals surface area contributed by atoms with E-state index in [4.69, 9.17) is 28.9 Å². The summed E-state index contributed by atoms with van der Waals surface area (Å²) in [4.78, 5) is 14.3. The predicted molar refractivity (Wildman–Crippen MR) is 75.2 cm³/mol. The molecule has 0 aromatic heterocycles. The average molecular weight is 287 g/mol. The topological polar surface area (TPSA) is 46.3 Å². The molecule has 0 atom stereocenters. The quantitative estimate of drug-likeness (QED) is 0.860. The van der Waals surface area contributed by atoms with Gasteiger partial charge in [0.05, 0.1) is 15.6 Å². The lowest BCUT2D eigenvalue weighted by Gasteiger charge is -2.22. The fourth-order valence-corrected chi connectivity index (χ4v) is 2.42.